The van der Waals surface area contributed by atoms with Gasteiger partial charge in [-0.15, -0.1) is 0 Å². The molecule has 4 fully saturated rings. The molecule has 0 amide bonds. The van der Waals surface area contributed by atoms with Crippen molar-refractivity contribution in [2.75, 3.05) is 0 Å². The predicted octanol–water partition coefficient (Wildman–Crippen LogP) is 8.71. The van der Waals surface area contributed by atoms with Crippen LogP contribution in [0.2, 0.25) is 0 Å². The fraction of sp³-hybridized carbons (Fsp3) is 0.750. The highest BCUT2D eigenvalue weighted by molar-refractivity contribution is 5.59. The number of rotatable bonds is 3. The normalized spacial score (nSPS) is 46.8. The Morgan fingerprint density at radius 3 is 0.875 bits per heavy atom. The topological polar surface area (TPSA) is 0 Å². The van der Waals surface area contributed by atoms with E-state index >= 15 is 0 Å². The third kappa shape index (κ3) is 2.74. The van der Waals surface area contributed by atoms with E-state index in [1.54, 1.807) is 0 Å². The summed E-state index contributed by atoms with van der Waals surface area (Å²) in [5, 5.41) is 0. The molecule has 0 N–H and O–H groups in total. The molecule has 0 unspecified atom stereocenters. The second-order valence-corrected chi connectivity index (χ2v) is 13.2. The van der Waals surface area contributed by atoms with Crippen molar-refractivity contribution in [3.05, 3.63) is 45.6 Å². The predicted molar refractivity (Wildman–Crippen MR) is 132 cm³/mol. The lowest BCUT2D eigenvalue weighted by atomic mass is 9.53. The standard InChI is InChI=1S/C32H42/c1-5-21-6-2-19(1)17-27(21)29-23-9-13-25(14-10-23)31(29)32-26-15-11-24(12-16-26)30(32)28-18-20-3-7-22(28)8-4-20/h17-26H,1-16H2. The van der Waals surface area contributed by atoms with E-state index in [4.69, 9.17) is 0 Å². The highest BCUT2D eigenvalue weighted by Crippen LogP contribution is 2.61. The van der Waals surface area contributed by atoms with E-state index in [0.29, 0.717) is 0 Å². The first-order chi connectivity index (χ1) is 15.8. The van der Waals surface area contributed by atoms with E-state index in [1.165, 1.54) is 103 Å². The Morgan fingerprint density at radius 2 is 0.594 bits per heavy atom. The van der Waals surface area contributed by atoms with Gasteiger partial charge in [0, 0.05) is 0 Å². The average Bonchev–Trinajstić information content (AvgIpc) is 2.90. The molecule has 32 heavy (non-hydrogen) atoms. The summed E-state index contributed by atoms with van der Waals surface area (Å²) in [5.41, 5.74) is 11.8. The van der Waals surface area contributed by atoms with Gasteiger partial charge in [-0.2, -0.15) is 0 Å². The highest BCUT2D eigenvalue weighted by Gasteiger charge is 2.47. The Morgan fingerprint density at radius 1 is 0.312 bits per heavy atom. The third-order valence-corrected chi connectivity index (χ3v) is 11.8. The van der Waals surface area contributed by atoms with Crippen LogP contribution in [0.1, 0.15) is 103 Å². The van der Waals surface area contributed by atoms with Gasteiger partial charge in [0.2, 0.25) is 0 Å². The van der Waals surface area contributed by atoms with Gasteiger partial charge >= 0.3 is 0 Å². The quantitative estimate of drug-likeness (QED) is 0.423. The molecule has 0 aromatic heterocycles. The zero-order valence-corrected chi connectivity index (χ0v) is 20.1. The average molecular weight is 427 g/mol. The van der Waals surface area contributed by atoms with Crippen LogP contribution in [0.5, 0.6) is 0 Å². The molecule has 0 nitrogen and oxygen atoms in total. The Balaban J connectivity index is 1.36. The summed E-state index contributed by atoms with van der Waals surface area (Å²) in [5.74, 6) is 7.29. The van der Waals surface area contributed by atoms with Crippen LogP contribution in [0.15, 0.2) is 45.6 Å². The lowest BCUT2D eigenvalue weighted by molar-refractivity contribution is 0.249. The molecule has 0 aromatic rings. The van der Waals surface area contributed by atoms with E-state index in [-0.39, 0.29) is 0 Å². The van der Waals surface area contributed by atoms with Gasteiger partial charge < -0.3 is 0 Å². The van der Waals surface area contributed by atoms with Gasteiger partial charge in [0.15, 0.2) is 0 Å². The molecular weight excluding hydrogens is 384 g/mol. The molecule has 0 aliphatic heterocycles. The number of hydrogen-bond donors (Lipinski definition) is 0. The molecule has 12 aliphatic rings. The van der Waals surface area contributed by atoms with Gasteiger partial charge in [-0.3, -0.25) is 0 Å². The van der Waals surface area contributed by atoms with Gasteiger partial charge in [0.1, 0.15) is 0 Å². The summed E-state index contributed by atoms with van der Waals surface area (Å²) in [6.45, 7) is 0. The maximum Gasteiger partial charge on any atom is -0.0156 e. The van der Waals surface area contributed by atoms with Crippen LogP contribution < -0.4 is 0 Å². The molecule has 0 atom stereocenters. The fourth-order valence-electron chi connectivity index (χ4n) is 10.3. The largest absolute Gasteiger partial charge is 0.0776 e. The SMILES string of the molecule is C1=C(C2=C(C3=C(C4=CC5CCC4CC5)C4CCC3CC4)C3CCC2CC3)C2CCC1CC2. The number of allylic oxidation sites excluding steroid dienone is 8. The van der Waals surface area contributed by atoms with Gasteiger partial charge in [0.05, 0.1) is 0 Å². The first kappa shape index (κ1) is 19.3. The Labute approximate surface area is 195 Å². The lowest BCUT2D eigenvalue weighted by Gasteiger charge is -2.51. The summed E-state index contributed by atoms with van der Waals surface area (Å²) in [6.07, 6.45) is 29.6. The summed E-state index contributed by atoms with van der Waals surface area (Å²) < 4.78 is 0. The van der Waals surface area contributed by atoms with Gasteiger partial charge in [-0.1, -0.05) is 12.2 Å². The van der Waals surface area contributed by atoms with Crippen LogP contribution in [0.4, 0.5) is 0 Å². The maximum absolute atomic E-state index is 2.83. The minimum atomic E-state index is 0.905. The molecule has 0 aromatic carbocycles. The molecule has 4 saturated carbocycles. The lowest BCUT2D eigenvalue weighted by Crippen LogP contribution is -2.38. The van der Waals surface area contributed by atoms with E-state index < -0.39 is 0 Å². The van der Waals surface area contributed by atoms with E-state index in [1.807, 2.05) is 33.4 Å². The molecule has 0 heterocycles. The van der Waals surface area contributed by atoms with Crippen molar-refractivity contribution in [3.8, 4) is 0 Å². The van der Waals surface area contributed by atoms with Gasteiger partial charge in [0.25, 0.3) is 0 Å². The van der Waals surface area contributed by atoms with Crippen LogP contribution >= 0.6 is 0 Å². The van der Waals surface area contributed by atoms with Crippen molar-refractivity contribution in [2.45, 2.75) is 103 Å². The molecule has 0 spiro atoms. The zero-order valence-electron chi connectivity index (χ0n) is 20.1. The molecule has 12 aliphatic carbocycles. The summed E-state index contributed by atoms with van der Waals surface area (Å²) in [7, 11) is 0. The van der Waals surface area contributed by atoms with Gasteiger partial charge in [-0.05, 0) is 184 Å². The monoisotopic (exact) mass is 426 g/mol. The molecule has 0 heteroatoms. The molecule has 0 saturated heterocycles. The molecule has 0 radical (unpaired) electrons. The van der Waals surface area contributed by atoms with Crippen molar-refractivity contribution in [3.63, 3.8) is 0 Å². The van der Waals surface area contributed by atoms with Crippen LogP contribution in [0.25, 0.3) is 0 Å². The van der Waals surface area contributed by atoms with Crippen molar-refractivity contribution < 1.29 is 0 Å². The van der Waals surface area contributed by atoms with E-state index in [9.17, 15) is 0 Å². The molecule has 170 valence electrons. The van der Waals surface area contributed by atoms with Crippen LogP contribution in [-0.2, 0) is 0 Å². The first-order valence-corrected chi connectivity index (χ1v) is 14.8. The second-order valence-electron chi connectivity index (χ2n) is 13.2. The fourth-order valence-corrected chi connectivity index (χ4v) is 10.3. The van der Waals surface area contributed by atoms with E-state index in [0.717, 1.165) is 47.3 Å². The molecule has 12 rings (SSSR count). The minimum absolute atomic E-state index is 0.905. The Kier molecular flexibility index (Phi) is 4.36. The van der Waals surface area contributed by atoms with Gasteiger partial charge in [-0.25, -0.2) is 0 Å². The van der Waals surface area contributed by atoms with Crippen molar-refractivity contribution in [1.82, 2.24) is 0 Å². The summed E-state index contributed by atoms with van der Waals surface area (Å²) in [4.78, 5) is 0. The Hall–Kier alpha value is -1.04. The third-order valence-electron chi connectivity index (χ3n) is 11.8. The van der Waals surface area contributed by atoms with Crippen molar-refractivity contribution in [2.24, 2.45) is 47.3 Å². The smallest absolute Gasteiger partial charge is 0.0156 e. The minimum Gasteiger partial charge on any atom is -0.0776 e. The van der Waals surface area contributed by atoms with Crippen molar-refractivity contribution >= 4 is 0 Å². The van der Waals surface area contributed by atoms with Crippen LogP contribution in [-0.4, -0.2) is 0 Å². The maximum atomic E-state index is 2.83. The Bertz CT molecular complexity index is 843. The second kappa shape index (κ2) is 7.23. The summed E-state index contributed by atoms with van der Waals surface area (Å²) in [6, 6.07) is 0. The highest BCUT2D eigenvalue weighted by atomic mass is 14.5. The number of hydrogen-bond acceptors (Lipinski definition) is 0. The first-order valence-electron chi connectivity index (χ1n) is 14.8. The van der Waals surface area contributed by atoms with Crippen LogP contribution in [0.3, 0.4) is 0 Å². The molecular formula is C32H42. The van der Waals surface area contributed by atoms with Crippen LogP contribution in [0, 0.1) is 47.3 Å². The van der Waals surface area contributed by atoms with E-state index in [2.05, 4.69) is 12.2 Å². The zero-order chi connectivity index (χ0) is 20.8. The van der Waals surface area contributed by atoms with Crippen molar-refractivity contribution in [1.29, 1.82) is 0 Å². The molecule has 8 bridgehead atoms. The number of fused-ring (bicyclic) bond motifs is 11. The summed E-state index contributed by atoms with van der Waals surface area (Å²) >= 11 is 0.